The Bertz CT molecular complexity index is 784. The SMILES string of the molecule is CNc1ncc(Br)cc1S(=O)(=O)Nc1ccc(Cl)cc1Br. The molecule has 0 aliphatic rings. The number of benzene rings is 1. The number of anilines is 2. The van der Waals surface area contributed by atoms with Gasteiger partial charge < -0.3 is 5.32 Å². The Kier molecular flexibility index (Phi) is 5.13. The second kappa shape index (κ2) is 6.51. The van der Waals surface area contributed by atoms with Crippen LogP contribution in [0.2, 0.25) is 5.02 Å². The van der Waals surface area contributed by atoms with Crippen molar-refractivity contribution in [2.75, 3.05) is 17.1 Å². The van der Waals surface area contributed by atoms with Gasteiger partial charge in [0.05, 0.1) is 5.69 Å². The van der Waals surface area contributed by atoms with Crippen LogP contribution in [0.5, 0.6) is 0 Å². The van der Waals surface area contributed by atoms with Gasteiger partial charge in [-0.1, -0.05) is 11.6 Å². The average Bonchev–Trinajstić information content (AvgIpc) is 2.42. The van der Waals surface area contributed by atoms with Crippen molar-refractivity contribution in [1.29, 1.82) is 0 Å². The number of nitrogens with one attached hydrogen (secondary N) is 2. The Labute approximate surface area is 144 Å². The van der Waals surface area contributed by atoms with Gasteiger partial charge in [-0.3, -0.25) is 4.72 Å². The smallest absolute Gasteiger partial charge is 0.265 e. The van der Waals surface area contributed by atoms with Gasteiger partial charge in [-0.25, -0.2) is 13.4 Å². The minimum absolute atomic E-state index is 0.0428. The van der Waals surface area contributed by atoms with Crippen molar-refractivity contribution >= 4 is 65.0 Å². The van der Waals surface area contributed by atoms with Crippen LogP contribution in [0.1, 0.15) is 0 Å². The maximum Gasteiger partial charge on any atom is 0.265 e. The first-order valence-corrected chi connectivity index (χ1v) is 9.09. The molecule has 0 bridgehead atoms. The van der Waals surface area contributed by atoms with Crippen molar-refractivity contribution in [3.05, 3.63) is 44.4 Å². The van der Waals surface area contributed by atoms with Crippen molar-refractivity contribution < 1.29 is 8.42 Å². The number of rotatable bonds is 4. The summed E-state index contributed by atoms with van der Waals surface area (Å²) in [7, 11) is -2.19. The molecule has 2 N–H and O–H groups in total. The summed E-state index contributed by atoms with van der Waals surface area (Å²) in [5.74, 6) is 0.260. The number of hydrogen-bond donors (Lipinski definition) is 2. The van der Waals surface area contributed by atoms with Gasteiger partial charge in [0.2, 0.25) is 0 Å². The summed E-state index contributed by atoms with van der Waals surface area (Å²) in [4.78, 5) is 4.07. The van der Waals surface area contributed by atoms with Gasteiger partial charge >= 0.3 is 0 Å². The van der Waals surface area contributed by atoms with Crippen LogP contribution in [0, 0.1) is 0 Å². The molecular formula is C12H10Br2ClN3O2S. The van der Waals surface area contributed by atoms with Crippen LogP contribution in [0.15, 0.2) is 44.3 Å². The largest absolute Gasteiger partial charge is 0.372 e. The molecule has 9 heteroatoms. The van der Waals surface area contributed by atoms with Crippen LogP contribution in [0.3, 0.4) is 0 Å². The maximum atomic E-state index is 12.5. The van der Waals surface area contributed by atoms with E-state index in [2.05, 4.69) is 46.9 Å². The lowest BCUT2D eigenvalue weighted by atomic mass is 10.3. The highest BCUT2D eigenvalue weighted by Crippen LogP contribution is 2.30. The molecule has 0 saturated carbocycles. The second-order valence-electron chi connectivity index (χ2n) is 3.98. The van der Waals surface area contributed by atoms with Crippen LogP contribution in [0.25, 0.3) is 0 Å². The number of aromatic nitrogens is 1. The van der Waals surface area contributed by atoms with E-state index in [1.807, 2.05) is 0 Å². The van der Waals surface area contributed by atoms with Crippen molar-refractivity contribution in [3.63, 3.8) is 0 Å². The molecule has 0 fully saturated rings. The zero-order valence-electron chi connectivity index (χ0n) is 10.7. The van der Waals surface area contributed by atoms with Gasteiger partial charge in [0.25, 0.3) is 10.0 Å². The fraction of sp³-hybridized carbons (Fsp3) is 0.0833. The van der Waals surface area contributed by atoms with E-state index in [0.717, 1.165) is 0 Å². The van der Waals surface area contributed by atoms with E-state index in [0.29, 0.717) is 19.7 Å². The lowest BCUT2D eigenvalue weighted by Crippen LogP contribution is -2.15. The van der Waals surface area contributed by atoms with Crippen molar-refractivity contribution in [3.8, 4) is 0 Å². The minimum atomic E-state index is -3.79. The van der Waals surface area contributed by atoms with E-state index in [9.17, 15) is 8.42 Å². The maximum absolute atomic E-state index is 12.5. The standard InChI is InChI=1S/C12H10Br2ClN3O2S/c1-16-12-11(4-7(13)6-17-12)21(19,20)18-10-3-2-8(15)5-9(10)14/h2-6,18H,1H3,(H,16,17). The highest BCUT2D eigenvalue weighted by molar-refractivity contribution is 9.10. The van der Waals surface area contributed by atoms with Crippen molar-refractivity contribution in [2.45, 2.75) is 4.90 Å². The van der Waals surface area contributed by atoms with Gasteiger partial charge in [0, 0.05) is 27.2 Å². The van der Waals surface area contributed by atoms with Gasteiger partial charge in [0.1, 0.15) is 10.7 Å². The molecule has 5 nitrogen and oxygen atoms in total. The molecule has 0 saturated heterocycles. The summed E-state index contributed by atoms with van der Waals surface area (Å²) in [6.07, 6.45) is 1.52. The first-order chi connectivity index (χ1) is 9.83. The molecule has 112 valence electrons. The molecule has 0 unspecified atom stereocenters. The molecule has 0 aliphatic carbocycles. The first kappa shape index (κ1) is 16.5. The third-order valence-electron chi connectivity index (χ3n) is 2.52. The third kappa shape index (κ3) is 3.88. The predicted octanol–water partition coefficient (Wildman–Crippen LogP) is 4.10. The summed E-state index contributed by atoms with van der Waals surface area (Å²) in [5.41, 5.74) is 0.390. The van der Waals surface area contributed by atoms with Crippen LogP contribution in [-0.2, 0) is 10.0 Å². The molecule has 0 spiro atoms. The zero-order valence-corrected chi connectivity index (χ0v) is 15.4. The number of sulfonamides is 1. The first-order valence-electron chi connectivity index (χ1n) is 5.64. The normalized spacial score (nSPS) is 11.2. The monoisotopic (exact) mass is 453 g/mol. The molecule has 0 aliphatic heterocycles. The van der Waals surface area contributed by atoms with E-state index in [4.69, 9.17) is 11.6 Å². The Morgan fingerprint density at radius 2 is 1.95 bits per heavy atom. The van der Waals surface area contributed by atoms with Crippen LogP contribution in [0.4, 0.5) is 11.5 Å². The van der Waals surface area contributed by atoms with Gasteiger partial charge in [-0.15, -0.1) is 0 Å². The number of nitrogens with zero attached hydrogens (tertiary/aromatic N) is 1. The van der Waals surface area contributed by atoms with Crippen molar-refractivity contribution in [1.82, 2.24) is 4.98 Å². The molecule has 1 aromatic carbocycles. The number of pyridine rings is 1. The Morgan fingerprint density at radius 3 is 2.57 bits per heavy atom. The van der Waals surface area contributed by atoms with E-state index >= 15 is 0 Å². The fourth-order valence-electron chi connectivity index (χ4n) is 1.59. The summed E-state index contributed by atoms with van der Waals surface area (Å²) in [5, 5.41) is 3.26. The fourth-order valence-corrected chi connectivity index (χ4v) is 4.25. The lowest BCUT2D eigenvalue weighted by molar-refractivity contribution is 0.601. The molecule has 1 heterocycles. The minimum Gasteiger partial charge on any atom is -0.372 e. The van der Waals surface area contributed by atoms with Crippen LogP contribution >= 0.6 is 43.5 Å². The van der Waals surface area contributed by atoms with Crippen molar-refractivity contribution in [2.24, 2.45) is 0 Å². The molecule has 0 radical (unpaired) electrons. The second-order valence-corrected chi connectivity index (χ2v) is 7.84. The van der Waals surface area contributed by atoms with Gasteiger partial charge in [-0.2, -0.15) is 0 Å². The lowest BCUT2D eigenvalue weighted by Gasteiger charge is -2.13. The highest BCUT2D eigenvalue weighted by atomic mass is 79.9. The Hall–Kier alpha value is -0.830. The molecular weight excluding hydrogens is 445 g/mol. The molecule has 2 rings (SSSR count). The third-order valence-corrected chi connectivity index (χ3v) is 5.22. The van der Waals surface area contributed by atoms with Gasteiger partial charge in [0.15, 0.2) is 0 Å². The summed E-state index contributed by atoms with van der Waals surface area (Å²) in [6.45, 7) is 0. The van der Waals surface area contributed by atoms with E-state index < -0.39 is 10.0 Å². The average molecular weight is 456 g/mol. The van der Waals surface area contributed by atoms with Crippen LogP contribution in [-0.4, -0.2) is 20.4 Å². The quantitative estimate of drug-likeness (QED) is 0.728. The van der Waals surface area contributed by atoms with E-state index in [1.165, 1.54) is 12.3 Å². The zero-order chi connectivity index (χ0) is 15.6. The molecule has 2 aromatic rings. The van der Waals surface area contributed by atoms with Crippen LogP contribution < -0.4 is 10.0 Å². The summed E-state index contributed by atoms with van der Waals surface area (Å²) >= 11 is 12.3. The summed E-state index contributed by atoms with van der Waals surface area (Å²) < 4.78 is 28.6. The Morgan fingerprint density at radius 1 is 1.24 bits per heavy atom. The van der Waals surface area contributed by atoms with Gasteiger partial charge in [-0.05, 0) is 56.1 Å². The number of hydrogen-bond acceptors (Lipinski definition) is 4. The molecule has 0 amide bonds. The topological polar surface area (TPSA) is 71.1 Å². The molecule has 21 heavy (non-hydrogen) atoms. The molecule has 1 aromatic heterocycles. The molecule has 0 atom stereocenters. The predicted molar refractivity (Wildman–Crippen MR) is 91.4 cm³/mol. The highest BCUT2D eigenvalue weighted by Gasteiger charge is 2.21. The van der Waals surface area contributed by atoms with E-state index in [-0.39, 0.29) is 10.7 Å². The Balaban J connectivity index is 2.45. The van der Waals surface area contributed by atoms with E-state index in [1.54, 1.807) is 25.2 Å². The summed E-state index contributed by atoms with van der Waals surface area (Å²) in [6, 6.07) is 6.26. The number of halogens is 3.